The van der Waals surface area contributed by atoms with Crippen LogP contribution < -0.4 is 10.6 Å². The Balaban J connectivity index is 1.78. The third-order valence-corrected chi connectivity index (χ3v) is 4.12. The van der Waals surface area contributed by atoms with Crippen LogP contribution in [0.1, 0.15) is 38.2 Å². The second-order valence-electron chi connectivity index (χ2n) is 6.10. The molecule has 0 unspecified atom stereocenters. The van der Waals surface area contributed by atoms with Gasteiger partial charge in [-0.2, -0.15) is 0 Å². The van der Waals surface area contributed by atoms with Crippen molar-refractivity contribution < 1.29 is 19.2 Å². The van der Waals surface area contributed by atoms with E-state index < -0.39 is 10.9 Å². The maximum atomic E-state index is 11.9. The monoisotopic (exact) mass is 361 g/mol. The molecule has 1 saturated carbocycles. The van der Waals surface area contributed by atoms with E-state index in [2.05, 4.69) is 10.6 Å². The number of non-ortho nitro benzene ring substituents is 1. The number of nitro groups is 1. The number of benzene rings is 1. The molecule has 2 N–H and O–H groups in total. The summed E-state index contributed by atoms with van der Waals surface area (Å²) in [4.78, 5) is 33.7. The molecule has 0 bridgehead atoms. The second-order valence-corrected chi connectivity index (χ2v) is 6.10. The number of urea groups is 1. The summed E-state index contributed by atoms with van der Waals surface area (Å²) < 4.78 is 5.40. The largest absolute Gasteiger partial charge is 0.459 e. The number of ether oxygens (including phenoxy) is 1. The zero-order chi connectivity index (χ0) is 18.9. The number of hydrogen-bond acceptors (Lipinski definition) is 5. The van der Waals surface area contributed by atoms with E-state index >= 15 is 0 Å². The van der Waals surface area contributed by atoms with Gasteiger partial charge in [0.25, 0.3) is 5.69 Å². The Morgan fingerprint density at radius 3 is 2.69 bits per heavy atom. The minimum Gasteiger partial charge on any atom is -0.459 e. The zero-order valence-electron chi connectivity index (χ0n) is 14.6. The molecule has 140 valence electrons. The van der Waals surface area contributed by atoms with Crippen LogP contribution >= 0.6 is 0 Å². The lowest BCUT2D eigenvalue weighted by atomic mass is 9.93. The molecule has 0 aliphatic heterocycles. The molecule has 2 rings (SSSR count). The smallest absolute Gasteiger partial charge is 0.331 e. The quantitative estimate of drug-likeness (QED) is 0.350. The molecule has 2 amide bonds. The van der Waals surface area contributed by atoms with Crippen LogP contribution in [0.3, 0.4) is 0 Å². The molecular weight excluding hydrogens is 338 g/mol. The molecule has 1 aromatic rings. The van der Waals surface area contributed by atoms with Crippen LogP contribution in [-0.4, -0.2) is 35.6 Å². The lowest BCUT2D eigenvalue weighted by Crippen LogP contribution is -2.44. The van der Waals surface area contributed by atoms with Gasteiger partial charge in [0.1, 0.15) is 6.10 Å². The van der Waals surface area contributed by atoms with Crippen molar-refractivity contribution in [1.29, 1.82) is 0 Å². The standard InChI is InChI=1S/C18H23N3O5/c1-2-19-18(23)20-14-7-9-16(10-8-14)26-17(22)11-6-13-4-3-5-15(12-13)21(24)25/h3-6,11-12,14,16H,2,7-10H2,1H3,(H2,19,20,23)/b11-6+. The Labute approximate surface area is 151 Å². The summed E-state index contributed by atoms with van der Waals surface area (Å²) in [7, 11) is 0. The fraction of sp³-hybridized carbons (Fsp3) is 0.444. The van der Waals surface area contributed by atoms with E-state index in [0.29, 0.717) is 24.9 Å². The number of nitrogens with one attached hydrogen (secondary N) is 2. The van der Waals surface area contributed by atoms with E-state index in [1.807, 2.05) is 6.92 Å². The van der Waals surface area contributed by atoms with Gasteiger partial charge in [0.05, 0.1) is 4.92 Å². The molecule has 0 saturated heterocycles. The predicted octanol–water partition coefficient (Wildman–Crippen LogP) is 2.78. The van der Waals surface area contributed by atoms with Gasteiger partial charge in [-0.1, -0.05) is 12.1 Å². The van der Waals surface area contributed by atoms with E-state index in [4.69, 9.17) is 4.74 Å². The van der Waals surface area contributed by atoms with Crippen LogP contribution in [0.25, 0.3) is 6.08 Å². The van der Waals surface area contributed by atoms with Gasteiger partial charge in [-0.3, -0.25) is 10.1 Å². The summed E-state index contributed by atoms with van der Waals surface area (Å²) >= 11 is 0. The Morgan fingerprint density at radius 1 is 1.31 bits per heavy atom. The van der Waals surface area contributed by atoms with Crippen LogP contribution in [0.4, 0.5) is 10.5 Å². The Bertz CT molecular complexity index is 681. The number of nitrogens with zero attached hydrogens (tertiary/aromatic N) is 1. The maximum absolute atomic E-state index is 11.9. The normalized spacial score (nSPS) is 19.7. The number of carbonyl (C=O) groups excluding carboxylic acids is 2. The summed E-state index contributed by atoms with van der Waals surface area (Å²) in [5, 5.41) is 16.3. The number of rotatable bonds is 6. The van der Waals surface area contributed by atoms with Crippen LogP contribution in [0.15, 0.2) is 30.3 Å². The Kier molecular flexibility index (Phi) is 7.13. The van der Waals surface area contributed by atoms with Crippen LogP contribution in [0.5, 0.6) is 0 Å². The van der Waals surface area contributed by atoms with Gasteiger partial charge in [0.2, 0.25) is 0 Å². The van der Waals surface area contributed by atoms with Crippen molar-refractivity contribution in [3.8, 4) is 0 Å². The van der Waals surface area contributed by atoms with Gasteiger partial charge >= 0.3 is 12.0 Å². The van der Waals surface area contributed by atoms with Crippen molar-refractivity contribution in [3.05, 3.63) is 46.0 Å². The molecule has 1 fully saturated rings. The molecule has 1 aliphatic rings. The van der Waals surface area contributed by atoms with Crippen molar-refractivity contribution in [2.45, 2.75) is 44.8 Å². The molecule has 0 aromatic heterocycles. The lowest BCUT2D eigenvalue weighted by molar-refractivity contribution is -0.384. The molecule has 0 heterocycles. The minimum absolute atomic E-state index is 0.0292. The molecular formula is C18H23N3O5. The van der Waals surface area contributed by atoms with Gasteiger partial charge in [-0.15, -0.1) is 0 Å². The molecule has 1 aliphatic carbocycles. The lowest BCUT2D eigenvalue weighted by Gasteiger charge is -2.28. The van der Waals surface area contributed by atoms with Crippen LogP contribution in [-0.2, 0) is 9.53 Å². The number of nitro benzene ring substituents is 1. The average Bonchev–Trinajstić information content (AvgIpc) is 2.62. The SMILES string of the molecule is CCNC(=O)NC1CCC(OC(=O)/C=C/c2cccc([N+](=O)[O-])c2)CC1. The maximum Gasteiger partial charge on any atom is 0.331 e. The van der Waals surface area contributed by atoms with Crippen molar-refractivity contribution in [1.82, 2.24) is 10.6 Å². The Hall–Kier alpha value is -2.90. The molecule has 8 heteroatoms. The van der Waals surface area contributed by atoms with Crippen LogP contribution in [0.2, 0.25) is 0 Å². The predicted molar refractivity (Wildman–Crippen MR) is 96.5 cm³/mol. The summed E-state index contributed by atoms with van der Waals surface area (Å²) in [5.74, 6) is -0.475. The second kappa shape index (κ2) is 9.55. The highest BCUT2D eigenvalue weighted by Gasteiger charge is 2.24. The van der Waals surface area contributed by atoms with Gasteiger partial charge in [0.15, 0.2) is 0 Å². The topological polar surface area (TPSA) is 111 Å². The molecule has 8 nitrogen and oxygen atoms in total. The van der Waals surface area contributed by atoms with E-state index in [-0.39, 0.29) is 23.9 Å². The highest BCUT2D eigenvalue weighted by molar-refractivity contribution is 5.87. The van der Waals surface area contributed by atoms with E-state index in [1.54, 1.807) is 12.1 Å². The first-order valence-electron chi connectivity index (χ1n) is 8.65. The van der Waals surface area contributed by atoms with Gasteiger partial charge in [-0.05, 0) is 44.2 Å². The fourth-order valence-electron chi connectivity index (χ4n) is 2.83. The fourth-order valence-corrected chi connectivity index (χ4v) is 2.83. The van der Waals surface area contributed by atoms with Gasteiger partial charge < -0.3 is 15.4 Å². The average molecular weight is 361 g/mol. The van der Waals surface area contributed by atoms with Crippen LogP contribution in [0, 0.1) is 10.1 Å². The van der Waals surface area contributed by atoms with E-state index in [0.717, 1.165) is 12.8 Å². The molecule has 26 heavy (non-hydrogen) atoms. The first kappa shape index (κ1) is 19.4. The van der Waals surface area contributed by atoms with Gasteiger partial charge in [0, 0.05) is 30.8 Å². The van der Waals surface area contributed by atoms with Crippen molar-refractivity contribution in [3.63, 3.8) is 0 Å². The summed E-state index contributed by atoms with van der Waals surface area (Å²) in [6, 6.07) is 5.94. The van der Waals surface area contributed by atoms with Gasteiger partial charge in [-0.25, -0.2) is 9.59 Å². The number of carbonyl (C=O) groups is 2. The van der Waals surface area contributed by atoms with Crippen molar-refractivity contribution >= 4 is 23.8 Å². The van der Waals surface area contributed by atoms with E-state index in [9.17, 15) is 19.7 Å². The number of amides is 2. The minimum atomic E-state index is -0.483. The summed E-state index contributed by atoms with van der Waals surface area (Å²) in [6.45, 7) is 2.44. The first-order chi connectivity index (χ1) is 12.5. The zero-order valence-corrected chi connectivity index (χ0v) is 14.6. The third kappa shape index (κ3) is 6.19. The first-order valence-corrected chi connectivity index (χ1v) is 8.65. The molecule has 1 aromatic carbocycles. The number of esters is 1. The van der Waals surface area contributed by atoms with Crippen molar-refractivity contribution in [2.75, 3.05) is 6.54 Å². The highest BCUT2D eigenvalue weighted by Crippen LogP contribution is 2.21. The van der Waals surface area contributed by atoms with E-state index in [1.165, 1.54) is 24.3 Å². The third-order valence-electron chi connectivity index (χ3n) is 4.12. The molecule has 0 radical (unpaired) electrons. The summed E-state index contributed by atoms with van der Waals surface area (Å²) in [5.41, 5.74) is 0.532. The highest BCUT2D eigenvalue weighted by atomic mass is 16.6. The Morgan fingerprint density at radius 2 is 2.04 bits per heavy atom. The molecule has 0 spiro atoms. The number of hydrogen-bond donors (Lipinski definition) is 2. The summed E-state index contributed by atoms with van der Waals surface area (Å²) in [6.07, 6.45) is 5.48. The molecule has 0 atom stereocenters. The van der Waals surface area contributed by atoms with Crippen molar-refractivity contribution in [2.24, 2.45) is 0 Å².